The predicted molar refractivity (Wildman–Crippen MR) is 87.3 cm³/mol. The van der Waals surface area contributed by atoms with Crippen LogP contribution in [-0.2, 0) is 11.2 Å². The fourth-order valence-corrected chi connectivity index (χ4v) is 2.02. The third-order valence-corrected chi connectivity index (χ3v) is 3.08. The van der Waals surface area contributed by atoms with Crippen LogP contribution >= 0.6 is 0 Å². The number of amides is 1. The Balaban J connectivity index is 1.58. The molecule has 0 radical (unpaired) electrons. The van der Waals surface area contributed by atoms with Crippen LogP contribution < -0.4 is 10.1 Å². The molecule has 0 spiro atoms. The number of nitrogens with zero attached hydrogens (tertiary/aromatic N) is 2. The van der Waals surface area contributed by atoms with E-state index >= 15 is 0 Å². The van der Waals surface area contributed by atoms with Gasteiger partial charge in [0.15, 0.2) is 0 Å². The van der Waals surface area contributed by atoms with Crippen molar-refractivity contribution in [2.45, 2.75) is 6.42 Å². The molecule has 2 aromatic carbocycles. The molecule has 23 heavy (non-hydrogen) atoms. The van der Waals surface area contributed by atoms with Crippen LogP contribution in [0.5, 0.6) is 11.5 Å². The molecule has 0 saturated heterocycles. The van der Waals surface area contributed by atoms with E-state index in [0.717, 1.165) is 17.1 Å². The Morgan fingerprint density at radius 1 is 0.870 bits per heavy atom. The number of aromatic nitrogens is 2. The minimum atomic E-state index is -0.159. The first kappa shape index (κ1) is 14.7. The van der Waals surface area contributed by atoms with E-state index in [0.29, 0.717) is 5.95 Å². The fourth-order valence-electron chi connectivity index (χ4n) is 2.02. The van der Waals surface area contributed by atoms with Crippen molar-refractivity contribution in [3.8, 4) is 11.5 Å². The molecule has 0 saturated carbocycles. The highest BCUT2D eigenvalue weighted by atomic mass is 16.5. The summed E-state index contributed by atoms with van der Waals surface area (Å²) >= 11 is 0. The van der Waals surface area contributed by atoms with Gasteiger partial charge in [-0.3, -0.25) is 10.1 Å². The second kappa shape index (κ2) is 7.17. The molecule has 1 N–H and O–H groups in total. The predicted octanol–water partition coefficient (Wildman–Crippen LogP) is 3.45. The van der Waals surface area contributed by atoms with Gasteiger partial charge in [-0.25, -0.2) is 9.97 Å². The van der Waals surface area contributed by atoms with Gasteiger partial charge in [-0.2, -0.15) is 0 Å². The first-order chi connectivity index (χ1) is 11.3. The van der Waals surface area contributed by atoms with Gasteiger partial charge in [-0.15, -0.1) is 0 Å². The SMILES string of the molecule is O=C(Cc1ccc(Oc2ccccc2)cc1)Nc1ncccn1. The van der Waals surface area contributed by atoms with Crippen LogP contribution in [0.1, 0.15) is 5.56 Å². The fraction of sp³-hybridized carbons (Fsp3) is 0.0556. The molecule has 0 aliphatic heterocycles. The number of carbonyl (C=O) groups is 1. The number of hydrogen-bond donors (Lipinski definition) is 1. The number of para-hydroxylation sites is 1. The highest BCUT2D eigenvalue weighted by molar-refractivity contribution is 5.90. The van der Waals surface area contributed by atoms with E-state index < -0.39 is 0 Å². The maximum absolute atomic E-state index is 11.9. The molecule has 3 rings (SSSR count). The summed E-state index contributed by atoms with van der Waals surface area (Å²) in [4.78, 5) is 19.9. The van der Waals surface area contributed by atoms with Crippen LogP contribution in [0.3, 0.4) is 0 Å². The summed E-state index contributed by atoms with van der Waals surface area (Å²) in [6.07, 6.45) is 3.42. The Kier molecular flexibility index (Phi) is 4.59. The van der Waals surface area contributed by atoms with E-state index in [-0.39, 0.29) is 12.3 Å². The van der Waals surface area contributed by atoms with Crippen molar-refractivity contribution < 1.29 is 9.53 Å². The summed E-state index contributed by atoms with van der Waals surface area (Å²) in [5, 5.41) is 2.65. The largest absolute Gasteiger partial charge is 0.457 e. The molecular weight excluding hydrogens is 290 g/mol. The molecule has 5 nitrogen and oxygen atoms in total. The minimum Gasteiger partial charge on any atom is -0.457 e. The van der Waals surface area contributed by atoms with Crippen LogP contribution in [0.25, 0.3) is 0 Å². The van der Waals surface area contributed by atoms with E-state index in [1.165, 1.54) is 0 Å². The lowest BCUT2D eigenvalue weighted by Crippen LogP contribution is -2.16. The second-order valence-corrected chi connectivity index (χ2v) is 4.86. The van der Waals surface area contributed by atoms with Crippen LogP contribution in [0.2, 0.25) is 0 Å². The minimum absolute atomic E-state index is 0.159. The van der Waals surface area contributed by atoms with Gasteiger partial charge in [0.05, 0.1) is 6.42 Å². The lowest BCUT2D eigenvalue weighted by molar-refractivity contribution is -0.115. The highest BCUT2D eigenvalue weighted by Gasteiger charge is 2.06. The standard InChI is InChI=1S/C18H15N3O2/c22-17(21-18-19-11-4-12-20-18)13-14-7-9-16(10-8-14)23-15-5-2-1-3-6-15/h1-12H,13H2,(H,19,20,21,22). The van der Waals surface area contributed by atoms with E-state index in [1.807, 2.05) is 54.6 Å². The Morgan fingerprint density at radius 3 is 2.22 bits per heavy atom. The smallest absolute Gasteiger partial charge is 0.231 e. The number of rotatable bonds is 5. The molecule has 1 heterocycles. The summed E-state index contributed by atoms with van der Waals surface area (Å²) in [6, 6.07) is 18.7. The number of ether oxygens (including phenoxy) is 1. The number of nitrogens with one attached hydrogen (secondary N) is 1. The maximum Gasteiger partial charge on any atom is 0.231 e. The van der Waals surface area contributed by atoms with Crippen LogP contribution in [0, 0.1) is 0 Å². The molecule has 0 bridgehead atoms. The highest BCUT2D eigenvalue weighted by Crippen LogP contribution is 2.21. The average Bonchev–Trinajstić information content (AvgIpc) is 2.58. The lowest BCUT2D eigenvalue weighted by Gasteiger charge is -2.07. The van der Waals surface area contributed by atoms with Crippen molar-refractivity contribution in [2.75, 3.05) is 5.32 Å². The molecule has 0 aliphatic rings. The van der Waals surface area contributed by atoms with Gasteiger partial charge >= 0.3 is 0 Å². The summed E-state index contributed by atoms with van der Waals surface area (Å²) < 4.78 is 5.71. The zero-order valence-electron chi connectivity index (χ0n) is 12.3. The number of carbonyl (C=O) groups excluding carboxylic acids is 1. The second-order valence-electron chi connectivity index (χ2n) is 4.86. The van der Waals surface area contributed by atoms with Crippen molar-refractivity contribution in [1.29, 1.82) is 0 Å². The summed E-state index contributed by atoms with van der Waals surface area (Å²) in [5.74, 6) is 1.65. The molecule has 5 heteroatoms. The van der Waals surface area contributed by atoms with Gasteiger partial charge < -0.3 is 4.74 Å². The number of anilines is 1. The lowest BCUT2D eigenvalue weighted by atomic mass is 10.1. The van der Waals surface area contributed by atoms with E-state index in [1.54, 1.807) is 18.5 Å². The molecule has 114 valence electrons. The Bertz CT molecular complexity index is 759. The van der Waals surface area contributed by atoms with Crippen molar-refractivity contribution in [3.63, 3.8) is 0 Å². The van der Waals surface area contributed by atoms with E-state index in [4.69, 9.17) is 4.74 Å². The molecule has 3 aromatic rings. The first-order valence-corrected chi connectivity index (χ1v) is 7.18. The Morgan fingerprint density at radius 2 is 1.52 bits per heavy atom. The number of benzene rings is 2. The average molecular weight is 305 g/mol. The summed E-state index contributed by atoms with van der Waals surface area (Å²) in [5.41, 5.74) is 0.888. The van der Waals surface area contributed by atoms with Crippen molar-refractivity contribution in [3.05, 3.63) is 78.6 Å². The molecule has 0 aliphatic carbocycles. The van der Waals surface area contributed by atoms with E-state index in [9.17, 15) is 4.79 Å². The van der Waals surface area contributed by atoms with Gasteiger partial charge in [-0.05, 0) is 35.9 Å². The van der Waals surface area contributed by atoms with Gasteiger partial charge in [-0.1, -0.05) is 30.3 Å². The third kappa shape index (κ3) is 4.38. The van der Waals surface area contributed by atoms with Crippen LogP contribution in [0.15, 0.2) is 73.1 Å². The molecular formula is C18H15N3O2. The summed E-state index contributed by atoms with van der Waals surface area (Å²) in [7, 11) is 0. The van der Waals surface area contributed by atoms with Crippen molar-refractivity contribution in [2.24, 2.45) is 0 Å². The number of hydrogen-bond acceptors (Lipinski definition) is 4. The third-order valence-electron chi connectivity index (χ3n) is 3.08. The quantitative estimate of drug-likeness (QED) is 0.784. The van der Waals surface area contributed by atoms with E-state index in [2.05, 4.69) is 15.3 Å². The van der Waals surface area contributed by atoms with Crippen molar-refractivity contribution >= 4 is 11.9 Å². The maximum atomic E-state index is 11.9. The molecule has 0 atom stereocenters. The molecule has 0 unspecified atom stereocenters. The van der Waals surface area contributed by atoms with Crippen LogP contribution in [-0.4, -0.2) is 15.9 Å². The monoisotopic (exact) mass is 305 g/mol. The topological polar surface area (TPSA) is 64.1 Å². The zero-order chi connectivity index (χ0) is 15.9. The van der Waals surface area contributed by atoms with Gasteiger partial charge in [0.2, 0.25) is 11.9 Å². The normalized spacial score (nSPS) is 10.1. The Hall–Kier alpha value is -3.21. The van der Waals surface area contributed by atoms with Crippen LogP contribution in [0.4, 0.5) is 5.95 Å². The van der Waals surface area contributed by atoms with Crippen molar-refractivity contribution in [1.82, 2.24) is 9.97 Å². The molecule has 0 fully saturated rings. The summed E-state index contributed by atoms with van der Waals surface area (Å²) in [6.45, 7) is 0. The van der Waals surface area contributed by atoms with Gasteiger partial charge in [0.1, 0.15) is 11.5 Å². The van der Waals surface area contributed by atoms with Gasteiger partial charge in [0, 0.05) is 12.4 Å². The molecule has 1 amide bonds. The first-order valence-electron chi connectivity index (χ1n) is 7.18. The van der Waals surface area contributed by atoms with Gasteiger partial charge in [0.25, 0.3) is 0 Å². The zero-order valence-corrected chi connectivity index (χ0v) is 12.3. The Labute approximate surface area is 134 Å². The molecule has 1 aromatic heterocycles.